The molecule has 0 fully saturated rings. The van der Waals surface area contributed by atoms with Gasteiger partial charge in [-0.1, -0.05) is 45.0 Å². The summed E-state index contributed by atoms with van der Waals surface area (Å²) >= 11 is 0. The van der Waals surface area contributed by atoms with Gasteiger partial charge >= 0.3 is 0 Å². The fourth-order valence-corrected chi connectivity index (χ4v) is 2.21. The zero-order valence-corrected chi connectivity index (χ0v) is 13.1. The predicted molar refractivity (Wildman–Crippen MR) is 87.1 cm³/mol. The van der Waals surface area contributed by atoms with Crippen molar-refractivity contribution < 1.29 is 9.18 Å². The van der Waals surface area contributed by atoms with E-state index in [1.54, 1.807) is 12.1 Å². The van der Waals surface area contributed by atoms with Gasteiger partial charge in [0.25, 0.3) is 0 Å². The summed E-state index contributed by atoms with van der Waals surface area (Å²) in [6, 6.07) is 12.9. The minimum atomic E-state index is -0.693. The van der Waals surface area contributed by atoms with Crippen LogP contribution in [0.3, 0.4) is 0 Å². The molecule has 0 saturated heterocycles. The van der Waals surface area contributed by atoms with Crippen LogP contribution >= 0.6 is 0 Å². The average molecular weight is 300 g/mol. The summed E-state index contributed by atoms with van der Waals surface area (Å²) in [6.45, 7) is 6.42. The highest BCUT2D eigenvalue weighted by Gasteiger charge is 2.18. The van der Waals surface area contributed by atoms with Gasteiger partial charge in [-0.2, -0.15) is 0 Å². The first-order chi connectivity index (χ1) is 10.3. The number of primary amides is 1. The van der Waals surface area contributed by atoms with Crippen LogP contribution in [-0.4, -0.2) is 5.91 Å². The van der Waals surface area contributed by atoms with Crippen LogP contribution in [0.1, 0.15) is 37.9 Å². The molecule has 4 heteroatoms. The molecule has 0 aliphatic heterocycles. The van der Waals surface area contributed by atoms with Gasteiger partial charge in [0.05, 0.1) is 0 Å². The Morgan fingerprint density at radius 1 is 1.05 bits per heavy atom. The standard InChI is InChI=1S/C18H21FN2O/c1-18(2,3)13-6-10-15(11-7-13)21-16(17(20)22)12-4-8-14(19)9-5-12/h4-11,16,21H,1-3H3,(H2,20,22)/t16-/m1/s1. The zero-order valence-electron chi connectivity index (χ0n) is 13.1. The van der Waals surface area contributed by atoms with E-state index in [4.69, 9.17) is 5.73 Å². The Bertz CT molecular complexity index is 642. The Labute approximate surface area is 130 Å². The molecule has 2 aromatic rings. The first-order valence-electron chi connectivity index (χ1n) is 7.19. The largest absolute Gasteiger partial charge is 0.370 e. The summed E-state index contributed by atoms with van der Waals surface area (Å²) in [5.41, 5.74) is 8.16. The molecule has 116 valence electrons. The Hall–Kier alpha value is -2.36. The number of hydrogen-bond acceptors (Lipinski definition) is 2. The highest BCUT2D eigenvalue weighted by Crippen LogP contribution is 2.25. The van der Waals surface area contributed by atoms with E-state index in [1.165, 1.54) is 17.7 Å². The molecule has 22 heavy (non-hydrogen) atoms. The van der Waals surface area contributed by atoms with Crippen molar-refractivity contribution >= 4 is 11.6 Å². The van der Waals surface area contributed by atoms with Gasteiger partial charge in [0, 0.05) is 5.69 Å². The molecular formula is C18H21FN2O. The van der Waals surface area contributed by atoms with Gasteiger partial charge in [-0.3, -0.25) is 4.79 Å². The molecule has 0 saturated carbocycles. The molecule has 0 heterocycles. The minimum Gasteiger partial charge on any atom is -0.370 e. The van der Waals surface area contributed by atoms with Crippen LogP contribution in [0.2, 0.25) is 0 Å². The Morgan fingerprint density at radius 3 is 2.05 bits per heavy atom. The second-order valence-electron chi connectivity index (χ2n) is 6.36. The molecular weight excluding hydrogens is 279 g/mol. The first kappa shape index (κ1) is 16.0. The van der Waals surface area contributed by atoms with Gasteiger partial charge in [-0.05, 0) is 40.8 Å². The number of hydrogen-bond donors (Lipinski definition) is 2. The average Bonchev–Trinajstić information content (AvgIpc) is 2.45. The summed E-state index contributed by atoms with van der Waals surface area (Å²) in [4.78, 5) is 11.7. The molecule has 0 radical (unpaired) electrons. The topological polar surface area (TPSA) is 55.1 Å². The van der Waals surface area contributed by atoms with Crippen LogP contribution in [0.5, 0.6) is 0 Å². The van der Waals surface area contributed by atoms with Crippen molar-refractivity contribution in [2.24, 2.45) is 5.73 Å². The summed E-state index contributed by atoms with van der Waals surface area (Å²) in [6.07, 6.45) is 0. The number of halogens is 1. The number of carbonyl (C=O) groups is 1. The van der Waals surface area contributed by atoms with Crippen LogP contribution in [0.25, 0.3) is 0 Å². The van der Waals surface area contributed by atoms with Crippen molar-refractivity contribution in [3.63, 3.8) is 0 Å². The van der Waals surface area contributed by atoms with E-state index in [0.717, 1.165) is 5.69 Å². The van der Waals surface area contributed by atoms with Crippen LogP contribution in [0.15, 0.2) is 48.5 Å². The molecule has 2 rings (SSSR count). The zero-order chi connectivity index (χ0) is 16.3. The molecule has 0 bridgehead atoms. The van der Waals surface area contributed by atoms with E-state index in [1.807, 2.05) is 24.3 Å². The molecule has 0 aromatic heterocycles. The van der Waals surface area contributed by atoms with E-state index in [-0.39, 0.29) is 11.2 Å². The van der Waals surface area contributed by atoms with Crippen LogP contribution in [-0.2, 0) is 10.2 Å². The van der Waals surface area contributed by atoms with Gasteiger partial charge < -0.3 is 11.1 Å². The van der Waals surface area contributed by atoms with Crippen LogP contribution < -0.4 is 11.1 Å². The molecule has 2 aromatic carbocycles. The van der Waals surface area contributed by atoms with E-state index in [2.05, 4.69) is 26.1 Å². The monoisotopic (exact) mass is 300 g/mol. The lowest BCUT2D eigenvalue weighted by Gasteiger charge is -2.21. The van der Waals surface area contributed by atoms with Crippen molar-refractivity contribution in [1.82, 2.24) is 0 Å². The minimum absolute atomic E-state index is 0.0680. The smallest absolute Gasteiger partial charge is 0.244 e. The van der Waals surface area contributed by atoms with E-state index >= 15 is 0 Å². The van der Waals surface area contributed by atoms with Crippen molar-refractivity contribution in [3.05, 3.63) is 65.5 Å². The maximum absolute atomic E-state index is 13.0. The summed E-state index contributed by atoms with van der Waals surface area (Å²) in [7, 11) is 0. The number of carbonyl (C=O) groups excluding carboxylic acids is 1. The molecule has 3 nitrogen and oxygen atoms in total. The molecule has 0 aliphatic carbocycles. The molecule has 3 N–H and O–H groups in total. The third-order valence-electron chi connectivity index (χ3n) is 3.55. The molecule has 1 amide bonds. The number of rotatable bonds is 4. The highest BCUT2D eigenvalue weighted by atomic mass is 19.1. The SMILES string of the molecule is CC(C)(C)c1ccc(N[C@@H](C(N)=O)c2ccc(F)cc2)cc1. The summed E-state index contributed by atoms with van der Waals surface area (Å²) < 4.78 is 13.0. The third kappa shape index (κ3) is 3.85. The molecule has 0 aliphatic rings. The highest BCUT2D eigenvalue weighted by molar-refractivity contribution is 5.84. The Kier molecular flexibility index (Phi) is 4.50. The quantitative estimate of drug-likeness (QED) is 0.903. The molecule has 0 unspecified atom stereocenters. The number of anilines is 1. The Morgan fingerprint density at radius 2 is 1.59 bits per heavy atom. The lowest BCUT2D eigenvalue weighted by atomic mass is 9.87. The first-order valence-corrected chi connectivity index (χ1v) is 7.19. The third-order valence-corrected chi connectivity index (χ3v) is 3.55. The summed E-state index contributed by atoms with van der Waals surface area (Å²) in [5, 5.41) is 3.10. The van der Waals surface area contributed by atoms with Crippen molar-refractivity contribution in [2.45, 2.75) is 32.2 Å². The maximum atomic E-state index is 13.0. The van der Waals surface area contributed by atoms with Gasteiger partial charge in [0.15, 0.2) is 0 Å². The maximum Gasteiger partial charge on any atom is 0.244 e. The number of amides is 1. The van der Waals surface area contributed by atoms with Gasteiger partial charge in [0.2, 0.25) is 5.91 Å². The van der Waals surface area contributed by atoms with Crippen molar-refractivity contribution in [1.29, 1.82) is 0 Å². The van der Waals surface area contributed by atoms with Gasteiger partial charge in [-0.25, -0.2) is 4.39 Å². The lowest BCUT2D eigenvalue weighted by molar-refractivity contribution is -0.118. The lowest BCUT2D eigenvalue weighted by Crippen LogP contribution is -2.27. The second kappa shape index (κ2) is 6.18. The van der Waals surface area contributed by atoms with Crippen LogP contribution in [0, 0.1) is 5.82 Å². The number of benzene rings is 2. The number of nitrogens with one attached hydrogen (secondary N) is 1. The summed E-state index contributed by atoms with van der Waals surface area (Å²) in [5.74, 6) is -0.854. The molecule has 1 atom stereocenters. The normalized spacial score (nSPS) is 12.7. The Balaban J connectivity index is 2.21. The fraction of sp³-hybridized carbons (Fsp3) is 0.278. The predicted octanol–water partition coefficient (Wildman–Crippen LogP) is 3.76. The van der Waals surface area contributed by atoms with Crippen molar-refractivity contribution in [2.75, 3.05) is 5.32 Å². The van der Waals surface area contributed by atoms with E-state index < -0.39 is 11.9 Å². The van der Waals surface area contributed by atoms with Crippen LogP contribution in [0.4, 0.5) is 10.1 Å². The second-order valence-corrected chi connectivity index (χ2v) is 6.36. The number of nitrogens with two attached hydrogens (primary N) is 1. The van der Waals surface area contributed by atoms with Crippen molar-refractivity contribution in [3.8, 4) is 0 Å². The van der Waals surface area contributed by atoms with E-state index in [9.17, 15) is 9.18 Å². The van der Waals surface area contributed by atoms with Gasteiger partial charge in [0.1, 0.15) is 11.9 Å². The van der Waals surface area contributed by atoms with E-state index in [0.29, 0.717) is 5.56 Å². The molecule has 0 spiro atoms. The van der Waals surface area contributed by atoms with Gasteiger partial charge in [-0.15, -0.1) is 0 Å². The fourth-order valence-electron chi connectivity index (χ4n) is 2.21.